The summed E-state index contributed by atoms with van der Waals surface area (Å²) in [5.74, 6) is 0. The molecule has 2 aliphatic heterocycles. The lowest BCUT2D eigenvalue weighted by Crippen LogP contribution is -2.45. The van der Waals surface area contributed by atoms with E-state index in [1.54, 1.807) is 0 Å². The molecule has 0 saturated carbocycles. The summed E-state index contributed by atoms with van der Waals surface area (Å²) in [6.07, 6.45) is 2.43. The molecule has 4 heteroatoms. The zero-order chi connectivity index (χ0) is 9.54. The van der Waals surface area contributed by atoms with Gasteiger partial charge in [-0.25, -0.2) is 4.98 Å². The Labute approximate surface area is 88.1 Å². The predicted octanol–water partition coefficient (Wildman–Crippen LogP) is 1.39. The molecule has 1 fully saturated rings. The predicted molar refractivity (Wildman–Crippen MR) is 58.9 cm³/mol. The van der Waals surface area contributed by atoms with Crippen LogP contribution in [0.1, 0.15) is 23.9 Å². The number of aromatic nitrogens is 1. The van der Waals surface area contributed by atoms with Gasteiger partial charge in [-0.3, -0.25) is 0 Å². The van der Waals surface area contributed by atoms with E-state index in [0.29, 0.717) is 6.04 Å². The zero-order valence-electron chi connectivity index (χ0n) is 8.42. The van der Waals surface area contributed by atoms with Crippen molar-refractivity contribution < 1.29 is 0 Å². The molecule has 1 atom stereocenters. The summed E-state index contributed by atoms with van der Waals surface area (Å²) in [5, 5.41) is 4.64. The molecule has 0 spiro atoms. The van der Waals surface area contributed by atoms with E-state index in [1.165, 1.54) is 28.7 Å². The molecule has 2 aliphatic rings. The lowest BCUT2D eigenvalue weighted by Gasteiger charge is -2.38. The Kier molecular flexibility index (Phi) is 1.99. The summed E-state index contributed by atoms with van der Waals surface area (Å²) in [6, 6.07) is 0.704. The SMILES string of the molecule is CC1CCN1c1nc2c(s1)CNCC2. The van der Waals surface area contributed by atoms with Crippen molar-refractivity contribution in [2.24, 2.45) is 0 Å². The molecule has 3 rings (SSSR count). The Hall–Kier alpha value is -0.610. The molecule has 3 heterocycles. The number of nitrogens with zero attached hydrogens (tertiary/aromatic N) is 2. The van der Waals surface area contributed by atoms with Gasteiger partial charge in [0.05, 0.1) is 5.69 Å². The highest BCUT2D eigenvalue weighted by molar-refractivity contribution is 7.15. The Morgan fingerprint density at radius 3 is 3.14 bits per heavy atom. The number of hydrogen-bond donors (Lipinski definition) is 1. The minimum atomic E-state index is 0.704. The van der Waals surface area contributed by atoms with Crippen molar-refractivity contribution >= 4 is 16.5 Å². The summed E-state index contributed by atoms with van der Waals surface area (Å²) >= 11 is 1.88. The van der Waals surface area contributed by atoms with Crippen LogP contribution < -0.4 is 10.2 Å². The minimum absolute atomic E-state index is 0.704. The van der Waals surface area contributed by atoms with Crippen LogP contribution >= 0.6 is 11.3 Å². The third-order valence-corrected chi connectivity index (χ3v) is 4.29. The number of nitrogens with one attached hydrogen (secondary N) is 1. The maximum Gasteiger partial charge on any atom is 0.186 e. The Balaban J connectivity index is 1.88. The van der Waals surface area contributed by atoms with Gasteiger partial charge in [-0.1, -0.05) is 0 Å². The van der Waals surface area contributed by atoms with Gasteiger partial charge in [-0.2, -0.15) is 0 Å². The van der Waals surface area contributed by atoms with Crippen LogP contribution in [0, 0.1) is 0 Å². The quantitative estimate of drug-likeness (QED) is 0.757. The molecule has 0 aliphatic carbocycles. The topological polar surface area (TPSA) is 28.2 Å². The highest BCUT2D eigenvalue weighted by atomic mass is 32.1. The van der Waals surface area contributed by atoms with Crippen molar-refractivity contribution in [3.63, 3.8) is 0 Å². The fourth-order valence-electron chi connectivity index (χ4n) is 2.04. The Bertz CT molecular complexity index is 324. The lowest BCUT2D eigenvalue weighted by atomic mass is 10.1. The van der Waals surface area contributed by atoms with Gasteiger partial charge in [0.1, 0.15) is 0 Å². The molecule has 1 aromatic heterocycles. The van der Waals surface area contributed by atoms with Gasteiger partial charge >= 0.3 is 0 Å². The first-order chi connectivity index (χ1) is 6.84. The molecule has 0 aromatic carbocycles. The first-order valence-electron chi connectivity index (χ1n) is 5.30. The van der Waals surface area contributed by atoms with E-state index in [4.69, 9.17) is 4.98 Å². The Morgan fingerprint density at radius 2 is 2.50 bits per heavy atom. The summed E-state index contributed by atoms with van der Waals surface area (Å²) < 4.78 is 0. The molecule has 3 nitrogen and oxygen atoms in total. The number of thiazole rings is 1. The minimum Gasteiger partial charge on any atom is -0.345 e. The first kappa shape index (κ1) is 8.68. The molecule has 1 unspecified atom stereocenters. The average Bonchev–Trinajstić information content (AvgIpc) is 2.58. The van der Waals surface area contributed by atoms with E-state index in [-0.39, 0.29) is 0 Å². The van der Waals surface area contributed by atoms with Crippen LogP contribution in [0.15, 0.2) is 0 Å². The monoisotopic (exact) mass is 209 g/mol. The smallest absolute Gasteiger partial charge is 0.186 e. The fraction of sp³-hybridized carbons (Fsp3) is 0.700. The van der Waals surface area contributed by atoms with Crippen molar-refractivity contribution in [1.82, 2.24) is 10.3 Å². The molecule has 0 radical (unpaired) electrons. The van der Waals surface area contributed by atoms with Crippen molar-refractivity contribution in [1.29, 1.82) is 0 Å². The second-order valence-corrected chi connectivity index (χ2v) is 5.19. The number of anilines is 1. The largest absolute Gasteiger partial charge is 0.345 e. The van der Waals surface area contributed by atoms with Crippen LogP contribution in [0.25, 0.3) is 0 Å². The molecule has 14 heavy (non-hydrogen) atoms. The lowest BCUT2D eigenvalue weighted by molar-refractivity contribution is 0.480. The van der Waals surface area contributed by atoms with E-state index in [1.807, 2.05) is 11.3 Å². The van der Waals surface area contributed by atoms with Crippen LogP contribution in [0.2, 0.25) is 0 Å². The van der Waals surface area contributed by atoms with Gasteiger partial charge < -0.3 is 10.2 Å². The van der Waals surface area contributed by atoms with Gasteiger partial charge in [-0.15, -0.1) is 11.3 Å². The van der Waals surface area contributed by atoms with E-state index in [2.05, 4.69) is 17.1 Å². The molecule has 1 aromatic rings. The summed E-state index contributed by atoms with van der Waals surface area (Å²) in [7, 11) is 0. The fourth-order valence-corrected chi connectivity index (χ4v) is 3.24. The van der Waals surface area contributed by atoms with Crippen LogP contribution in [0.3, 0.4) is 0 Å². The van der Waals surface area contributed by atoms with Crippen LogP contribution in [0.5, 0.6) is 0 Å². The number of rotatable bonds is 1. The van der Waals surface area contributed by atoms with Crippen LogP contribution in [0.4, 0.5) is 5.13 Å². The third-order valence-electron chi connectivity index (χ3n) is 3.16. The summed E-state index contributed by atoms with van der Waals surface area (Å²) in [6.45, 7) is 5.59. The Morgan fingerprint density at radius 1 is 1.57 bits per heavy atom. The van der Waals surface area contributed by atoms with E-state index in [0.717, 1.165) is 19.5 Å². The summed E-state index contributed by atoms with van der Waals surface area (Å²) in [4.78, 5) is 8.60. The van der Waals surface area contributed by atoms with E-state index >= 15 is 0 Å². The molecule has 0 amide bonds. The first-order valence-corrected chi connectivity index (χ1v) is 6.12. The summed E-state index contributed by atoms with van der Waals surface area (Å²) in [5.41, 5.74) is 1.34. The zero-order valence-corrected chi connectivity index (χ0v) is 9.23. The third kappa shape index (κ3) is 1.25. The molecular formula is C10H15N3S. The molecule has 0 bridgehead atoms. The standard InChI is InChI=1S/C10H15N3S/c1-7-3-5-13(7)10-12-8-2-4-11-6-9(8)14-10/h7,11H,2-6H2,1H3. The number of hydrogen-bond acceptors (Lipinski definition) is 4. The normalized spacial score (nSPS) is 25.8. The van der Waals surface area contributed by atoms with Crippen molar-refractivity contribution in [2.75, 3.05) is 18.0 Å². The van der Waals surface area contributed by atoms with Gasteiger partial charge in [0.2, 0.25) is 0 Å². The highest BCUT2D eigenvalue weighted by Crippen LogP contribution is 2.33. The maximum atomic E-state index is 4.73. The van der Waals surface area contributed by atoms with Crippen molar-refractivity contribution in [3.05, 3.63) is 10.6 Å². The maximum absolute atomic E-state index is 4.73. The van der Waals surface area contributed by atoms with Gasteiger partial charge in [0.25, 0.3) is 0 Å². The number of fused-ring (bicyclic) bond motifs is 1. The molecule has 1 N–H and O–H groups in total. The van der Waals surface area contributed by atoms with E-state index < -0.39 is 0 Å². The van der Waals surface area contributed by atoms with Gasteiger partial charge in [0, 0.05) is 37.0 Å². The van der Waals surface area contributed by atoms with Crippen molar-refractivity contribution in [2.45, 2.75) is 32.4 Å². The van der Waals surface area contributed by atoms with Crippen LogP contribution in [-0.4, -0.2) is 24.1 Å². The second-order valence-electron chi connectivity index (χ2n) is 4.12. The molecule has 1 saturated heterocycles. The van der Waals surface area contributed by atoms with Gasteiger partial charge in [0.15, 0.2) is 5.13 Å². The average molecular weight is 209 g/mol. The second kappa shape index (κ2) is 3.21. The van der Waals surface area contributed by atoms with Crippen LogP contribution in [-0.2, 0) is 13.0 Å². The molecule has 76 valence electrons. The highest BCUT2D eigenvalue weighted by Gasteiger charge is 2.27. The van der Waals surface area contributed by atoms with Crippen molar-refractivity contribution in [3.8, 4) is 0 Å². The molecular weight excluding hydrogens is 194 g/mol. The van der Waals surface area contributed by atoms with E-state index in [9.17, 15) is 0 Å². The van der Waals surface area contributed by atoms with Gasteiger partial charge in [-0.05, 0) is 13.3 Å².